The summed E-state index contributed by atoms with van der Waals surface area (Å²) in [6.07, 6.45) is 6.01. The second-order valence-corrected chi connectivity index (χ2v) is 8.40. The van der Waals surface area contributed by atoms with Crippen LogP contribution in [0.4, 0.5) is 4.79 Å². The average molecular weight is 348 g/mol. The molecule has 1 saturated carbocycles. The number of amides is 2. The number of piperidine rings is 1. The van der Waals surface area contributed by atoms with Gasteiger partial charge in [0.15, 0.2) is 0 Å². The molecule has 140 valence electrons. The highest BCUT2D eigenvalue weighted by molar-refractivity contribution is 5.89. The molecule has 2 saturated heterocycles. The molecule has 0 aromatic rings. The molecule has 0 bridgehead atoms. The standard InChI is InChI=1S/C19H33N5O/c1-15(2)21-11-13-23(14-12-21)19(25)22-8-5-17(6-9-22)24-10-7-18(20-24)16-3-4-16/h15-17H,3-14H2,1-2H3. The zero-order chi connectivity index (χ0) is 17.4. The van der Waals surface area contributed by atoms with Gasteiger partial charge in [-0.25, -0.2) is 4.79 Å². The number of hydrogen-bond acceptors (Lipinski definition) is 4. The summed E-state index contributed by atoms with van der Waals surface area (Å²) in [5.41, 5.74) is 1.45. The van der Waals surface area contributed by atoms with E-state index in [0.29, 0.717) is 12.1 Å². The second kappa shape index (κ2) is 7.14. The van der Waals surface area contributed by atoms with Gasteiger partial charge in [0, 0.05) is 64.0 Å². The van der Waals surface area contributed by atoms with Crippen molar-refractivity contribution in [1.29, 1.82) is 0 Å². The van der Waals surface area contributed by atoms with Crippen LogP contribution in [-0.2, 0) is 0 Å². The Morgan fingerprint density at radius 2 is 1.56 bits per heavy atom. The van der Waals surface area contributed by atoms with Gasteiger partial charge in [0.1, 0.15) is 0 Å². The number of carbonyl (C=O) groups is 1. The minimum Gasteiger partial charge on any atom is -0.324 e. The first-order chi connectivity index (χ1) is 12.1. The largest absolute Gasteiger partial charge is 0.324 e. The van der Waals surface area contributed by atoms with Crippen LogP contribution < -0.4 is 0 Å². The molecule has 0 N–H and O–H groups in total. The molecule has 3 fully saturated rings. The van der Waals surface area contributed by atoms with Gasteiger partial charge in [-0.15, -0.1) is 0 Å². The number of hydrogen-bond donors (Lipinski definition) is 0. The van der Waals surface area contributed by atoms with Crippen molar-refractivity contribution in [2.75, 3.05) is 45.8 Å². The van der Waals surface area contributed by atoms with E-state index in [9.17, 15) is 4.79 Å². The van der Waals surface area contributed by atoms with Gasteiger partial charge in [-0.3, -0.25) is 9.91 Å². The SMILES string of the molecule is CC(C)N1CCN(C(=O)N2CCC(N3CCC(C4CC4)=N3)CC2)CC1. The van der Waals surface area contributed by atoms with E-state index in [1.807, 2.05) is 0 Å². The Balaban J connectivity index is 1.24. The molecule has 6 heteroatoms. The van der Waals surface area contributed by atoms with Crippen LogP contribution in [0, 0.1) is 5.92 Å². The molecule has 1 aliphatic carbocycles. The summed E-state index contributed by atoms with van der Waals surface area (Å²) in [6.45, 7) is 11.1. The summed E-state index contributed by atoms with van der Waals surface area (Å²) in [5, 5.41) is 7.22. The van der Waals surface area contributed by atoms with Crippen molar-refractivity contribution in [3.05, 3.63) is 0 Å². The molecule has 0 atom stereocenters. The van der Waals surface area contributed by atoms with Crippen LogP contribution in [0.2, 0.25) is 0 Å². The highest BCUT2D eigenvalue weighted by Gasteiger charge is 2.35. The van der Waals surface area contributed by atoms with Crippen molar-refractivity contribution in [3.63, 3.8) is 0 Å². The van der Waals surface area contributed by atoms with Crippen molar-refractivity contribution in [3.8, 4) is 0 Å². The maximum atomic E-state index is 12.8. The number of urea groups is 1. The number of rotatable bonds is 3. The van der Waals surface area contributed by atoms with Crippen molar-refractivity contribution < 1.29 is 4.79 Å². The highest BCUT2D eigenvalue weighted by atomic mass is 16.2. The minimum absolute atomic E-state index is 0.255. The summed E-state index contributed by atoms with van der Waals surface area (Å²) in [7, 11) is 0. The molecular weight excluding hydrogens is 314 g/mol. The van der Waals surface area contributed by atoms with Crippen molar-refractivity contribution in [2.45, 2.75) is 58.0 Å². The Bertz CT molecular complexity index is 514. The lowest BCUT2D eigenvalue weighted by Crippen LogP contribution is -2.56. The van der Waals surface area contributed by atoms with Crippen LogP contribution in [-0.4, -0.2) is 89.3 Å². The quantitative estimate of drug-likeness (QED) is 0.785. The van der Waals surface area contributed by atoms with Gasteiger partial charge in [0.2, 0.25) is 0 Å². The van der Waals surface area contributed by atoms with E-state index in [-0.39, 0.29) is 6.03 Å². The molecular formula is C19H33N5O. The summed E-state index contributed by atoms with van der Waals surface area (Å²) in [5.74, 6) is 0.802. The lowest BCUT2D eigenvalue weighted by atomic mass is 10.0. The van der Waals surface area contributed by atoms with Gasteiger partial charge in [0.05, 0.1) is 6.04 Å². The smallest absolute Gasteiger partial charge is 0.320 e. The third-order valence-electron chi connectivity index (χ3n) is 6.37. The number of hydrazone groups is 1. The number of carbonyl (C=O) groups excluding carboxylic acids is 1. The van der Waals surface area contributed by atoms with E-state index in [1.54, 1.807) is 0 Å². The number of likely N-dealkylation sites (tertiary alicyclic amines) is 1. The average Bonchev–Trinajstić information content (AvgIpc) is 3.38. The van der Waals surface area contributed by atoms with Crippen LogP contribution in [0.1, 0.15) is 46.0 Å². The fourth-order valence-corrected chi connectivity index (χ4v) is 4.45. The zero-order valence-electron chi connectivity index (χ0n) is 15.9. The zero-order valence-corrected chi connectivity index (χ0v) is 15.9. The van der Waals surface area contributed by atoms with Crippen LogP contribution in [0.25, 0.3) is 0 Å². The van der Waals surface area contributed by atoms with Crippen LogP contribution in [0.15, 0.2) is 5.10 Å². The summed E-state index contributed by atoms with van der Waals surface area (Å²) < 4.78 is 0. The Kier molecular flexibility index (Phi) is 4.89. The molecule has 0 spiro atoms. The van der Waals surface area contributed by atoms with Crippen LogP contribution in [0.5, 0.6) is 0 Å². The van der Waals surface area contributed by atoms with E-state index < -0.39 is 0 Å². The molecule has 0 aromatic heterocycles. The minimum atomic E-state index is 0.255. The van der Waals surface area contributed by atoms with Crippen LogP contribution in [0.3, 0.4) is 0 Å². The summed E-state index contributed by atoms with van der Waals surface area (Å²) in [4.78, 5) is 19.4. The normalized spacial score (nSPS) is 26.5. The Labute approximate surface area is 151 Å². The van der Waals surface area contributed by atoms with Gasteiger partial charge in [-0.1, -0.05) is 0 Å². The van der Waals surface area contributed by atoms with Crippen LogP contribution >= 0.6 is 0 Å². The molecule has 25 heavy (non-hydrogen) atoms. The molecule has 6 nitrogen and oxygen atoms in total. The van der Waals surface area contributed by atoms with Gasteiger partial charge in [0.25, 0.3) is 0 Å². The third kappa shape index (κ3) is 3.78. The van der Waals surface area contributed by atoms with Gasteiger partial charge in [-0.2, -0.15) is 5.10 Å². The molecule has 3 aliphatic heterocycles. The molecule has 0 aromatic carbocycles. The Hall–Kier alpha value is -1.30. The third-order valence-corrected chi connectivity index (χ3v) is 6.37. The maximum Gasteiger partial charge on any atom is 0.320 e. The molecule has 0 unspecified atom stereocenters. The second-order valence-electron chi connectivity index (χ2n) is 8.40. The lowest BCUT2D eigenvalue weighted by molar-refractivity contribution is 0.0809. The topological polar surface area (TPSA) is 42.4 Å². The molecule has 0 radical (unpaired) electrons. The van der Waals surface area contributed by atoms with E-state index in [1.165, 1.54) is 25.0 Å². The Morgan fingerprint density at radius 3 is 2.16 bits per heavy atom. The number of piperazine rings is 1. The first-order valence-corrected chi connectivity index (χ1v) is 10.2. The van der Waals surface area contributed by atoms with Gasteiger partial charge < -0.3 is 9.80 Å². The number of nitrogens with zero attached hydrogens (tertiary/aromatic N) is 5. The first kappa shape index (κ1) is 17.1. The monoisotopic (exact) mass is 347 g/mol. The maximum absolute atomic E-state index is 12.8. The van der Waals surface area contributed by atoms with Gasteiger partial charge in [-0.05, 0) is 45.4 Å². The summed E-state index contributed by atoms with van der Waals surface area (Å²) >= 11 is 0. The molecule has 4 rings (SSSR count). The fraction of sp³-hybridized carbons (Fsp3) is 0.895. The molecule has 2 amide bonds. The predicted molar refractivity (Wildman–Crippen MR) is 99.8 cm³/mol. The summed E-state index contributed by atoms with van der Waals surface area (Å²) in [6, 6.07) is 1.37. The van der Waals surface area contributed by atoms with Crippen molar-refractivity contribution in [1.82, 2.24) is 19.7 Å². The Morgan fingerprint density at radius 1 is 0.920 bits per heavy atom. The first-order valence-electron chi connectivity index (χ1n) is 10.2. The van der Waals surface area contributed by atoms with Crippen molar-refractivity contribution >= 4 is 11.7 Å². The van der Waals surface area contributed by atoms with Gasteiger partial charge >= 0.3 is 6.03 Å². The van der Waals surface area contributed by atoms with E-state index in [0.717, 1.165) is 64.6 Å². The van der Waals surface area contributed by atoms with Crippen molar-refractivity contribution in [2.24, 2.45) is 11.0 Å². The lowest BCUT2D eigenvalue weighted by Gasteiger charge is -2.41. The predicted octanol–water partition coefficient (Wildman–Crippen LogP) is 2.07. The fourth-order valence-electron chi connectivity index (χ4n) is 4.45. The van der Waals surface area contributed by atoms with E-state index in [4.69, 9.17) is 5.10 Å². The van der Waals surface area contributed by atoms with E-state index in [2.05, 4.69) is 33.6 Å². The molecule has 3 heterocycles. The van der Waals surface area contributed by atoms with E-state index >= 15 is 0 Å². The highest BCUT2D eigenvalue weighted by Crippen LogP contribution is 2.35. The molecule has 4 aliphatic rings.